The Balaban J connectivity index is 1.75. The van der Waals surface area contributed by atoms with Crippen LogP contribution >= 0.6 is 0 Å². The predicted molar refractivity (Wildman–Crippen MR) is 103 cm³/mol. The van der Waals surface area contributed by atoms with Gasteiger partial charge in [-0.25, -0.2) is 19.2 Å². The fraction of sp³-hybridized carbons (Fsp3) is 0.300. The first-order chi connectivity index (χ1) is 14.7. The molecule has 1 fully saturated rings. The first-order valence-corrected chi connectivity index (χ1v) is 9.42. The van der Waals surface area contributed by atoms with Crippen molar-refractivity contribution in [3.8, 4) is 0 Å². The van der Waals surface area contributed by atoms with Gasteiger partial charge in [0.1, 0.15) is 23.2 Å². The number of hydrogen-bond acceptors (Lipinski definition) is 6. The molecular formula is C20H17F4N5O2. The van der Waals surface area contributed by atoms with Gasteiger partial charge in [-0.05, 0) is 43.3 Å². The van der Waals surface area contributed by atoms with Crippen molar-refractivity contribution in [2.24, 2.45) is 0 Å². The number of pyridine rings is 1. The molecule has 162 valence electrons. The fourth-order valence-corrected chi connectivity index (χ4v) is 3.44. The second-order valence-electron chi connectivity index (χ2n) is 7.17. The van der Waals surface area contributed by atoms with E-state index in [-0.39, 0.29) is 28.0 Å². The average Bonchev–Trinajstić information content (AvgIpc) is 2.68. The number of nitrogens with zero attached hydrogens (tertiary/aromatic N) is 4. The molecule has 0 radical (unpaired) electrons. The van der Waals surface area contributed by atoms with E-state index in [4.69, 9.17) is 0 Å². The highest BCUT2D eigenvalue weighted by molar-refractivity contribution is 6.02. The van der Waals surface area contributed by atoms with E-state index in [0.717, 1.165) is 38.0 Å². The van der Waals surface area contributed by atoms with Crippen molar-refractivity contribution in [3.05, 3.63) is 59.3 Å². The Morgan fingerprint density at radius 3 is 2.58 bits per heavy atom. The molecule has 0 aliphatic carbocycles. The summed E-state index contributed by atoms with van der Waals surface area (Å²) in [5.74, 6) is -2.36. The van der Waals surface area contributed by atoms with Gasteiger partial charge in [0, 0.05) is 12.7 Å². The lowest BCUT2D eigenvalue weighted by Crippen LogP contribution is -2.41. The zero-order valence-electron chi connectivity index (χ0n) is 16.0. The van der Waals surface area contributed by atoms with Crippen molar-refractivity contribution in [1.82, 2.24) is 19.9 Å². The quantitative estimate of drug-likeness (QED) is 0.570. The normalized spacial score (nSPS) is 15.5. The third-order valence-electron chi connectivity index (χ3n) is 5.15. The van der Waals surface area contributed by atoms with Crippen molar-refractivity contribution in [2.45, 2.75) is 18.6 Å². The van der Waals surface area contributed by atoms with Gasteiger partial charge < -0.3 is 15.3 Å². The molecule has 0 saturated carbocycles. The summed E-state index contributed by atoms with van der Waals surface area (Å²) in [6.07, 6.45) is -1.40. The standard InChI is InChI=1S/C20H17F4N5O2/c21-14-3-2-11(8-13(14)20(22,23)24)15(9-29-6-1-7-29)28-18-17-16(26-10-27-18)12(19(30)31)4-5-25-17/h2-5,8,10,15H,1,6-7,9H2,(H,30,31)(H,26,27,28)/t15-/m1/s1. The third kappa shape index (κ3) is 4.26. The zero-order chi connectivity index (χ0) is 22.2. The number of carboxylic acid groups (broad SMARTS) is 1. The molecule has 1 aliphatic heterocycles. The number of carbonyl (C=O) groups is 1. The summed E-state index contributed by atoms with van der Waals surface area (Å²) in [4.78, 5) is 25.8. The number of nitrogens with one attached hydrogen (secondary N) is 1. The Labute approximate surface area is 173 Å². The predicted octanol–water partition coefficient (Wildman–Crippen LogP) is 3.74. The van der Waals surface area contributed by atoms with Gasteiger partial charge in [-0.2, -0.15) is 13.2 Å². The monoisotopic (exact) mass is 435 g/mol. The molecule has 0 unspecified atom stereocenters. The van der Waals surface area contributed by atoms with Gasteiger partial charge in [-0.1, -0.05) is 6.07 Å². The van der Waals surface area contributed by atoms with Crippen LogP contribution in [0.5, 0.6) is 0 Å². The van der Waals surface area contributed by atoms with Crippen molar-refractivity contribution in [2.75, 3.05) is 25.0 Å². The number of benzene rings is 1. The molecule has 0 bridgehead atoms. The van der Waals surface area contributed by atoms with E-state index in [1.807, 2.05) is 4.90 Å². The number of aromatic nitrogens is 3. The molecule has 2 aromatic heterocycles. The topological polar surface area (TPSA) is 91.2 Å². The average molecular weight is 435 g/mol. The van der Waals surface area contributed by atoms with E-state index in [1.54, 1.807) is 0 Å². The number of anilines is 1. The van der Waals surface area contributed by atoms with Gasteiger partial charge in [0.2, 0.25) is 0 Å². The molecule has 3 heterocycles. The van der Waals surface area contributed by atoms with Crippen LogP contribution in [0.25, 0.3) is 11.0 Å². The molecule has 2 N–H and O–H groups in total. The van der Waals surface area contributed by atoms with Gasteiger partial charge in [-0.15, -0.1) is 0 Å². The Kier molecular flexibility index (Phi) is 5.44. The second kappa shape index (κ2) is 8.06. The summed E-state index contributed by atoms with van der Waals surface area (Å²) in [6, 6.07) is 3.50. The van der Waals surface area contributed by atoms with Crippen molar-refractivity contribution in [1.29, 1.82) is 0 Å². The minimum Gasteiger partial charge on any atom is -0.478 e. The fourth-order valence-electron chi connectivity index (χ4n) is 3.44. The van der Waals surface area contributed by atoms with Crippen LogP contribution in [0.15, 0.2) is 36.8 Å². The van der Waals surface area contributed by atoms with Crippen LogP contribution in [0.3, 0.4) is 0 Å². The Bertz CT molecular complexity index is 1130. The summed E-state index contributed by atoms with van der Waals surface area (Å²) < 4.78 is 53.5. The van der Waals surface area contributed by atoms with Crippen LogP contribution in [0.1, 0.15) is 33.9 Å². The van der Waals surface area contributed by atoms with Crippen LogP contribution in [0.4, 0.5) is 23.4 Å². The van der Waals surface area contributed by atoms with E-state index in [1.165, 1.54) is 18.3 Å². The minimum absolute atomic E-state index is 0.0733. The Hall–Kier alpha value is -3.34. The summed E-state index contributed by atoms with van der Waals surface area (Å²) >= 11 is 0. The number of likely N-dealkylation sites (tertiary alicyclic amines) is 1. The van der Waals surface area contributed by atoms with Crippen molar-refractivity contribution < 1.29 is 27.5 Å². The van der Waals surface area contributed by atoms with E-state index >= 15 is 0 Å². The molecule has 1 atom stereocenters. The smallest absolute Gasteiger partial charge is 0.419 e. The molecule has 1 aromatic carbocycles. The van der Waals surface area contributed by atoms with E-state index in [0.29, 0.717) is 6.54 Å². The van der Waals surface area contributed by atoms with E-state index < -0.39 is 29.6 Å². The Morgan fingerprint density at radius 1 is 1.16 bits per heavy atom. The zero-order valence-corrected chi connectivity index (χ0v) is 16.0. The summed E-state index contributed by atoms with van der Waals surface area (Å²) in [6.45, 7) is 1.93. The van der Waals surface area contributed by atoms with Crippen LogP contribution in [-0.2, 0) is 6.18 Å². The van der Waals surface area contributed by atoms with Crippen LogP contribution in [-0.4, -0.2) is 50.6 Å². The number of hydrogen-bond donors (Lipinski definition) is 2. The van der Waals surface area contributed by atoms with E-state index in [2.05, 4.69) is 20.3 Å². The summed E-state index contributed by atoms with van der Waals surface area (Å²) in [5, 5.41) is 12.4. The van der Waals surface area contributed by atoms with Crippen molar-refractivity contribution >= 4 is 22.8 Å². The highest BCUT2D eigenvalue weighted by atomic mass is 19.4. The highest BCUT2D eigenvalue weighted by Gasteiger charge is 2.35. The third-order valence-corrected chi connectivity index (χ3v) is 5.15. The summed E-state index contributed by atoms with van der Waals surface area (Å²) in [7, 11) is 0. The van der Waals surface area contributed by atoms with Gasteiger partial charge in [-0.3, -0.25) is 4.98 Å². The van der Waals surface area contributed by atoms with Gasteiger partial charge in [0.15, 0.2) is 5.82 Å². The molecule has 3 aromatic rings. The maximum Gasteiger partial charge on any atom is 0.419 e. The largest absolute Gasteiger partial charge is 0.478 e. The van der Waals surface area contributed by atoms with Crippen LogP contribution < -0.4 is 5.32 Å². The molecule has 0 amide bonds. The number of rotatable bonds is 6. The van der Waals surface area contributed by atoms with Gasteiger partial charge in [0.25, 0.3) is 0 Å². The number of carboxylic acids is 1. The number of fused-ring (bicyclic) bond motifs is 1. The maximum absolute atomic E-state index is 13.8. The maximum atomic E-state index is 13.8. The molecular weight excluding hydrogens is 418 g/mol. The molecule has 11 heteroatoms. The highest BCUT2D eigenvalue weighted by Crippen LogP contribution is 2.34. The Morgan fingerprint density at radius 2 is 1.94 bits per heavy atom. The van der Waals surface area contributed by atoms with E-state index in [9.17, 15) is 27.5 Å². The minimum atomic E-state index is -4.83. The molecule has 1 aliphatic rings. The first kappa shape index (κ1) is 20.9. The molecule has 4 rings (SSSR count). The van der Waals surface area contributed by atoms with Crippen molar-refractivity contribution in [3.63, 3.8) is 0 Å². The van der Waals surface area contributed by atoms with Crippen LogP contribution in [0.2, 0.25) is 0 Å². The lowest BCUT2D eigenvalue weighted by molar-refractivity contribution is -0.140. The van der Waals surface area contributed by atoms with Gasteiger partial charge >= 0.3 is 12.1 Å². The molecule has 31 heavy (non-hydrogen) atoms. The molecule has 1 saturated heterocycles. The number of alkyl halides is 3. The van der Waals surface area contributed by atoms with Gasteiger partial charge in [0.05, 0.1) is 17.2 Å². The molecule has 7 nitrogen and oxygen atoms in total. The lowest BCUT2D eigenvalue weighted by atomic mass is 10.0. The lowest BCUT2D eigenvalue weighted by Gasteiger charge is -2.35. The SMILES string of the molecule is O=C(O)c1ccnc2c(N[C@H](CN3CCC3)c3ccc(F)c(C(F)(F)F)c3)ncnc12. The number of aromatic carboxylic acids is 1. The second-order valence-corrected chi connectivity index (χ2v) is 7.17. The first-order valence-electron chi connectivity index (χ1n) is 9.42. The number of halogens is 4. The van der Waals surface area contributed by atoms with Crippen LogP contribution in [0, 0.1) is 5.82 Å². The summed E-state index contributed by atoms with van der Waals surface area (Å²) in [5.41, 5.74) is -0.920. The molecule has 0 spiro atoms.